The molecule has 2 aromatic rings. The quantitative estimate of drug-likeness (QED) is 0.763. The van der Waals surface area contributed by atoms with Crippen molar-refractivity contribution in [2.75, 3.05) is 6.54 Å². The molecule has 2 N–H and O–H groups in total. The van der Waals surface area contributed by atoms with Crippen LogP contribution in [-0.2, 0) is 16.1 Å². The van der Waals surface area contributed by atoms with E-state index in [0.717, 1.165) is 21.7 Å². The second-order valence-electron chi connectivity index (χ2n) is 9.17. The third-order valence-electron chi connectivity index (χ3n) is 5.96. The van der Waals surface area contributed by atoms with Gasteiger partial charge in [0.05, 0.1) is 22.2 Å². The Bertz CT molecular complexity index is 901. The van der Waals surface area contributed by atoms with E-state index in [1.807, 2.05) is 64.4 Å². The SMILES string of the molecule is Cc1ncsc1-c1ccc(CNC(=O)[C@@H]2C[C@H](O)CN2C(=O)C(C)C(C)(C)C)cc1. The van der Waals surface area contributed by atoms with Gasteiger partial charge in [-0.25, -0.2) is 4.98 Å². The minimum absolute atomic E-state index is 0.0801. The highest BCUT2D eigenvalue weighted by atomic mass is 32.1. The summed E-state index contributed by atoms with van der Waals surface area (Å²) in [6.07, 6.45) is -0.392. The van der Waals surface area contributed by atoms with E-state index in [9.17, 15) is 14.7 Å². The molecule has 0 aliphatic carbocycles. The Morgan fingerprint density at radius 1 is 1.30 bits per heavy atom. The number of nitrogens with one attached hydrogen (secondary N) is 1. The van der Waals surface area contributed by atoms with Crippen molar-refractivity contribution in [3.05, 3.63) is 41.0 Å². The summed E-state index contributed by atoms with van der Waals surface area (Å²) in [5, 5.41) is 13.0. The molecule has 3 atom stereocenters. The molecule has 2 heterocycles. The number of β-amino-alcohol motifs (C(OH)–C–C–N with tert-alkyl or cyclic N) is 1. The van der Waals surface area contributed by atoms with Crippen LogP contribution in [0.25, 0.3) is 10.4 Å². The number of hydrogen-bond acceptors (Lipinski definition) is 5. The third-order valence-corrected chi connectivity index (χ3v) is 6.94. The Morgan fingerprint density at radius 3 is 2.53 bits per heavy atom. The van der Waals surface area contributed by atoms with Gasteiger partial charge in [-0.3, -0.25) is 9.59 Å². The lowest BCUT2D eigenvalue weighted by Crippen LogP contribution is -2.49. The highest BCUT2D eigenvalue weighted by Crippen LogP contribution is 2.30. The summed E-state index contributed by atoms with van der Waals surface area (Å²) in [5.41, 5.74) is 4.73. The number of carbonyl (C=O) groups excluding carboxylic acids is 2. The van der Waals surface area contributed by atoms with Crippen molar-refractivity contribution in [2.45, 2.75) is 59.7 Å². The van der Waals surface area contributed by atoms with E-state index in [1.165, 1.54) is 0 Å². The highest BCUT2D eigenvalue weighted by Gasteiger charge is 2.42. The molecule has 3 rings (SSSR count). The van der Waals surface area contributed by atoms with Crippen LogP contribution in [0, 0.1) is 18.3 Å². The lowest BCUT2D eigenvalue weighted by molar-refractivity contribution is -0.144. The zero-order chi connectivity index (χ0) is 22.1. The molecule has 2 amide bonds. The number of aliphatic hydroxyl groups is 1. The standard InChI is InChI=1S/C23H31N3O3S/c1-14(23(3,4)5)22(29)26-12-18(27)10-19(26)21(28)24-11-16-6-8-17(9-7-16)20-15(2)25-13-30-20/h6-9,13-14,18-19,27H,10-12H2,1-5H3,(H,24,28)/t14?,18-,19-/m0/s1. The van der Waals surface area contributed by atoms with Crippen LogP contribution in [0.15, 0.2) is 29.8 Å². The summed E-state index contributed by atoms with van der Waals surface area (Å²) in [6, 6.07) is 7.41. The van der Waals surface area contributed by atoms with Gasteiger partial charge in [0, 0.05) is 25.4 Å². The number of likely N-dealkylation sites (tertiary alicyclic amines) is 1. The predicted molar refractivity (Wildman–Crippen MR) is 119 cm³/mol. The number of aliphatic hydroxyl groups excluding tert-OH is 1. The van der Waals surface area contributed by atoms with Crippen molar-refractivity contribution in [1.29, 1.82) is 0 Å². The Balaban J connectivity index is 1.63. The fourth-order valence-corrected chi connectivity index (χ4v) is 4.40. The van der Waals surface area contributed by atoms with Crippen molar-refractivity contribution >= 4 is 23.2 Å². The number of carbonyl (C=O) groups is 2. The Hall–Kier alpha value is -2.25. The van der Waals surface area contributed by atoms with Crippen LogP contribution in [0.5, 0.6) is 0 Å². The molecule has 6 nitrogen and oxygen atoms in total. The lowest BCUT2D eigenvalue weighted by Gasteiger charge is -2.32. The molecule has 0 saturated carbocycles. The second kappa shape index (κ2) is 8.86. The normalized spacial score (nSPS) is 20.3. The van der Waals surface area contributed by atoms with Gasteiger partial charge in [-0.2, -0.15) is 0 Å². The predicted octanol–water partition coefficient (Wildman–Crippen LogP) is 3.38. The monoisotopic (exact) mass is 429 g/mol. The fraction of sp³-hybridized carbons (Fsp3) is 0.522. The Labute approximate surface area is 182 Å². The molecule has 162 valence electrons. The number of rotatable bonds is 5. The van der Waals surface area contributed by atoms with E-state index < -0.39 is 12.1 Å². The van der Waals surface area contributed by atoms with Crippen molar-refractivity contribution in [3.8, 4) is 10.4 Å². The minimum atomic E-state index is -0.668. The van der Waals surface area contributed by atoms with Crippen LogP contribution in [-0.4, -0.2) is 45.5 Å². The first-order valence-electron chi connectivity index (χ1n) is 10.3. The Morgan fingerprint density at radius 2 is 1.97 bits per heavy atom. The summed E-state index contributed by atoms with van der Waals surface area (Å²) >= 11 is 1.61. The van der Waals surface area contributed by atoms with Crippen LogP contribution in [0.1, 0.15) is 45.4 Å². The van der Waals surface area contributed by atoms with Crippen molar-refractivity contribution in [2.24, 2.45) is 11.3 Å². The first-order chi connectivity index (χ1) is 14.1. The smallest absolute Gasteiger partial charge is 0.243 e. The average molecular weight is 430 g/mol. The number of aromatic nitrogens is 1. The molecule has 1 aliphatic heterocycles. The molecule has 0 bridgehead atoms. The summed E-state index contributed by atoms with van der Waals surface area (Å²) in [6.45, 7) is 10.5. The average Bonchev–Trinajstić information content (AvgIpc) is 3.30. The topological polar surface area (TPSA) is 82.5 Å². The van der Waals surface area contributed by atoms with Crippen LogP contribution in [0.3, 0.4) is 0 Å². The van der Waals surface area contributed by atoms with E-state index in [-0.39, 0.29) is 36.1 Å². The van der Waals surface area contributed by atoms with Gasteiger partial charge >= 0.3 is 0 Å². The van der Waals surface area contributed by atoms with E-state index in [1.54, 1.807) is 16.2 Å². The molecule has 1 fully saturated rings. The number of hydrogen-bond donors (Lipinski definition) is 2. The van der Waals surface area contributed by atoms with Gasteiger partial charge in [0.15, 0.2) is 0 Å². The molecule has 0 spiro atoms. The van der Waals surface area contributed by atoms with Crippen LogP contribution < -0.4 is 5.32 Å². The molecule has 0 radical (unpaired) electrons. The number of amides is 2. The maximum Gasteiger partial charge on any atom is 0.243 e. The van der Waals surface area contributed by atoms with Crippen molar-refractivity contribution < 1.29 is 14.7 Å². The summed E-state index contributed by atoms with van der Waals surface area (Å²) in [5.74, 6) is -0.535. The number of thiazole rings is 1. The second-order valence-corrected chi connectivity index (χ2v) is 10.0. The van der Waals surface area contributed by atoms with Gasteiger partial charge in [0.1, 0.15) is 6.04 Å². The summed E-state index contributed by atoms with van der Waals surface area (Å²) in [4.78, 5) is 32.7. The molecule has 1 aromatic carbocycles. The third kappa shape index (κ3) is 4.90. The maximum atomic E-state index is 12.9. The van der Waals surface area contributed by atoms with Crippen LogP contribution >= 0.6 is 11.3 Å². The van der Waals surface area contributed by atoms with Crippen molar-refractivity contribution in [3.63, 3.8) is 0 Å². The molecule has 1 aromatic heterocycles. The first kappa shape index (κ1) is 22.4. The first-order valence-corrected chi connectivity index (χ1v) is 11.2. The highest BCUT2D eigenvalue weighted by molar-refractivity contribution is 7.13. The Kier molecular flexibility index (Phi) is 6.62. The van der Waals surface area contributed by atoms with Gasteiger partial charge in [-0.1, -0.05) is 52.0 Å². The van der Waals surface area contributed by atoms with E-state index in [2.05, 4.69) is 10.3 Å². The summed E-state index contributed by atoms with van der Waals surface area (Å²) in [7, 11) is 0. The van der Waals surface area contributed by atoms with E-state index >= 15 is 0 Å². The number of nitrogens with zero attached hydrogens (tertiary/aromatic N) is 2. The molecular formula is C23H31N3O3S. The van der Waals surface area contributed by atoms with Gasteiger partial charge in [0.25, 0.3) is 0 Å². The molecule has 30 heavy (non-hydrogen) atoms. The maximum absolute atomic E-state index is 12.9. The molecule has 1 aliphatic rings. The van der Waals surface area contributed by atoms with E-state index in [4.69, 9.17) is 0 Å². The fourth-order valence-electron chi connectivity index (χ4n) is 3.58. The van der Waals surface area contributed by atoms with Gasteiger partial charge in [-0.15, -0.1) is 11.3 Å². The van der Waals surface area contributed by atoms with Crippen molar-refractivity contribution in [1.82, 2.24) is 15.2 Å². The van der Waals surface area contributed by atoms with Crippen LogP contribution in [0.2, 0.25) is 0 Å². The molecule has 1 unspecified atom stereocenters. The molecular weight excluding hydrogens is 398 g/mol. The zero-order valence-corrected chi connectivity index (χ0v) is 19.1. The van der Waals surface area contributed by atoms with Crippen LogP contribution in [0.4, 0.5) is 0 Å². The van der Waals surface area contributed by atoms with E-state index in [0.29, 0.717) is 6.54 Å². The minimum Gasteiger partial charge on any atom is -0.391 e. The zero-order valence-electron chi connectivity index (χ0n) is 18.3. The largest absolute Gasteiger partial charge is 0.391 e. The van der Waals surface area contributed by atoms with Gasteiger partial charge in [-0.05, 0) is 23.5 Å². The lowest BCUT2D eigenvalue weighted by atomic mass is 9.81. The van der Waals surface area contributed by atoms with Gasteiger partial charge in [0.2, 0.25) is 11.8 Å². The number of aryl methyl sites for hydroxylation is 1. The van der Waals surface area contributed by atoms with Gasteiger partial charge < -0.3 is 15.3 Å². The molecule has 7 heteroatoms. The summed E-state index contributed by atoms with van der Waals surface area (Å²) < 4.78 is 0. The number of benzene rings is 1. The molecule has 1 saturated heterocycles.